The topological polar surface area (TPSA) is 38.8 Å². The minimum absolute atomic E-state index is 0.0212. The number of rotatable bonds is 2. The fraction of sp³-hybridized carbons (Fsp3) is 0.417. The summed E-state index contributed by atoms with van der Waals surface area (Å²) < 4.78 is 35.0. The van der Waals surface area contributed by atoms with Gasteiger partial charge in [0.15, 0.2) is 11.5 Å². The van der Waals surface area contributed by atoms with Gasteiger partial charge in [-0.3, -0.25) is 4.79 Å². The minimum Gasteiger partial charge on any atom is -0.395 e. The van der Waals surface area contributed by atoms with Crippen LogP contribution in [0.5, 0.6) is 11.5 Å². The molecular formula is C12H10ClF2NO3. The van der Waals surface area contributed by atoms with Crippen molar-refractivity contribution in [1.29, 1.82) is 0 Å². The first kappa shape index (κ1) is 12.5. The Morgan fingerprint density at radius 1 is 1.42 bits per heavy atom. The summed E-state index contributed by atoms with van der Waals surface area (Å²) in [5.74, 6) is 0.0524. The van der Waals surface area contributed by atoms with Crippen LogP contribution in [0.3, 0.4) is 0 Å². The lowest BCUT2D eigenvalue weighted by molar-refractivity contribution is -0.286. The summed E-state index contributed by atoms with van der Waals surface area (Å²) in [4.78, 5) is 13.3. The van der Waals surface area contributed by atoms with E-state index in [0.717, 1.165) is 0 Å². The van der Waals surface area contributed by atoms with Gasteiger partial charge in [0.2, 0.25) is 5.91 Å². The number of nitrogens with zero attached hydrogens (tertiary/aromatic N) is 1. The standard InChI is InChI=1S/C12H10ClF2NO3/c13-5-7-4-10(17)16(6-7)8-2-1-3-9-11(8)19-12(14,15)18-9/h1-3,7H,4-6H2. The van der Waals surface area contributed by atoms with Crippen LogP contribution in [-0.2, 0) is 4.79 Å². The normalized spacial score (nSPS) is 24.1. The van der Waals surface area contributed by atoms with Gasteiger partial charge >= 0.3 is 6.29 Å². The number of anilines is 1. The molecule has 0 aliphatic carbocycles. The Kier molecular flexibility index (Phi) is 2.78. The number of fused-ring (bicyclic) bond motifs is 1. The van der Waals surface area contributed by atoms with Crippen molar-refractivity contribution in [2.45, 2.75) is 12.7 Å². The summed E-state index contributed by atoms with van der Waals surface area (Å²) in [6.07, 6.45) is -3.38. The molecule has 4 nitrogen and oxygen atoms in total. The van der Waals surface area contributed by atoms with E-state index >= 15 is 0 Å². The van der Waals surface area contributed by atoms with Crippen molar-refractivity contribution in [2.24, 2.45) is 5.92 Å². The average Bonchev–Trinajstić information content (AvgIpc) is 2.86. The second kappa shape index (κ2) is 4.23. The van der Waals surface area contributed by atoms with E-state index < -0.39 is 6.29 Å². The Labute approximate surface area is 112 Å². The Morgan fingerprint density at radius 2 is 2.21 bits per heavy atom. The predicted molar refractivity (Wildman–Crippen MR) is 63.8 cm³/mol. The monoisotopic (exact) mass is 289 g/mol. The molecule has 19 heavy (non-hydrogen) atoms. The lowest BCUT2D eigenvalue weighted by Gasteiger charge is -2.18. The molecule has 0 radical (unpaired) electrons. The van der Waals surface area contributed by atoms with Crippen molar-refractivity contribution in [3.63, 3.8) is 0 Å². The van der Waals surface area contributed by atoms with Crippen LogP contribution < -0.4 is 14.4 Å². The summed E-state index contributed by atoms with van der Waals surface area (Å²) >= 11 is 5.73. The number of hydrogen-bond donors (Lipinski definition) is 0. The first-order valence-corrected chi connectivity index (χ1v) is 6.29. The van der Waals surface area contributed by atoms with Crippen LogP contribution in [0.1, 0.15) is 6.42 Å². The summed E-state index contributed by atoms with van der Waals surface area (Å²) in [5, 5.41) is 0. The highest BCUT2D eigenvalue weighted by atomic mass is 35.5. The number of amides is 1. The molecule has 0 bridgehead atoms. The highest BCUT2D eigenvalue weighted by Gasteiger charge is 2.46. The zero-order valence-electron chi connectivity index (χ0n) is 9.74. The van der Waals surface area contributed by atoms with E-state index in [2.05, 4.69) is 9.47 Å². The molecule has 1 aromatic rings. The van der Waals surface area contributed by atoms with Gasteiger partial charge in [-0.25, -0.2) is 0 Å². The van der Waals surface area contributed by atoms with Crippen molar-refractivity contribution in [3.8, 4) is 11.5 Å². The lowest BCUT2D eigenvalue weighted by atomic mass is 10.1. The molecule has 2 aliphatic heterocycles. The fourth-order valence-corrected chi connectivity index (χ4v) is 2.49. The van der Waals surface area contributed by atoms with Gasteiger partial charge in [-0.05, 0) is 18.1 Å². The molecule has 0 spiro atoms. The van der Waals surface area contributed by atoms with Crippen LogP contribution in [0, 0.1) is 5.92 Å². The van der Waals surface area contributed by atoms with Crippen molar-refractivity contribution in [1.82, 2.24) is 0 Å². The molecular weight excluding hydrogens is 280 g/mol. The molecule has 1 fully saturated rings. The molecule has 1 amide bonds. The van der Waals surface area contributed by atoms with Crippen molar-refractivity contribution >= 4 is 23.2 Å². The number of alkyl halides is 3. The molecule has 0 aromatic heterocycles. The number of para-hydroxylation sites is 1. The Hall–Kier alpha value is -1.56. The maximum atomic E-state index is 13.1. The lowest BCUT2D eigenvalue weighted by Crippen LogP contribution is -2.28. The van der Waals surface area contributed by atoms with Crippen molar-refractivity contribution in [3.05, 3.63) is 18.2 Å². The summed E-state index contributed by atoms with van der Waals surface area (Å²) in [6.45, 7) is 0.397. The van der Waals surface area contributed by atoms with Crippen LogP contribution in [0.15, 0.2) is 18.2 Å². The Morgan fingerprint density at radius 3 is 2.89 bits per heavy atom. The maximum Gasteiger partial charge on any atom is 0.586 e. The van der Waals surface area contributed by atoms with E-state index in [4.69, 9.17) is 11.6 Å². The van der Waals surface area contributed by atoms with Gasteiger partial charge in [0.05, 0.1) is 5.69 Å². The summed E-state index contributed by atoms with van der Waals surface area (Å²) in [5.41, 5.74) is 0.298. The van der Waals surface area contributed by atoms with Gasteiger partial charge < -0.3 is 14.4 Å². The van der Waals surface area contributed by atoms with Crippen molar-refractivity contribution in [2.75, 3.05) is 17.3 Å². The first-order chi connectivity index (χ1) is 9.00. The van der Waals surface area contributed by atoms with E-state index in [1.165, 1.54) is 11.0 Å². The first-order valence-electron chi connectivity index (χ1n) is 5.75. The Bertz CT molecular complexity index is 538. The van der Waals surface area contributed by atoms with Gasteiger partial charge in [-0.15, -0.1) is 20.4 Å². The molecule has 7 heteroatoms. The van der Waals surface area contributed by atoms with Gasteiger partial charge in [0.25, 0.3) is 0 Å². The molecule has 1 saturated heterocycles. The molecule has 2 aliphatic rings. The Balaban J connectivity index is 1.96. The molecule has 0 N–H and O–H groups in total. The van der Waals surface area contributed by atoms with Crippen LogP contribution in [0.4, 0.5) is 14.5 Å². The van der Waals surface area contributed by atoms with Crippen LogP contribution >= 0.6 is 11.6 Å². The van der Waals surface area contributed by atoms with E-state index in [-0.39, 0.29) is 23.3 Å². The van der Waals surface area contributed by atoms with Crippen LogP contribution in [0.25, 0.3) is 0 Å². The van der Waals surface area contributed by atoms with E-state index in [1.807, 2.05) is 0 Å². The molecule has 0 saturated carbocycles. The van der Waals surface area contributed by atoms with Crippen LogP contribution in [-0.4, -0.2) is 24.6 Å². The van der Waals surface area contributed by atoms with E-state index in [9.17, 15) is 13.6 Å². The van der Waals surface area contributed by atoms with Gasteiger partial charge in [0, 0.05) is 18.8 Å². The predicted octanol–water partition coefficient (Wildman–Crippen LogP) is 2.60. The van der Waals surface area contributed by atoms with Crippen molar-refractivity contribution < 1.29 is 23.0 Å². The third-order valence-corrected chi connectivity index (χ3v) is 3.56. The number of benzene rings is 1. The number of carbonyl (C=O) groups excluding carboxylic acids is 1. The second-order valence-electron chi connectivity index (χ2n) is 4.50. The fourth-order valence-electron chi connectivity index (χ4n) is 2.29. The number of carbonyl (C=O) groups is 1. The molecule has 1 unspecified atom stereocenters. The molecule has 2 heterocycles. The SMILES string of the molecule is O=C1CC(CCl)CN1c1cccc2c1OC(F)(F)O2. The van der Waals surface area contributed by atoms with Gasteiger partial charge in [-0.2, -0.15) is 0 Å². The maximum absolute atomic E-state index is 13.1. The smallest absolute Gasteiger partial charge is 0.395 e. The average molecular weight is 290 g/mol. The summed E-state index contributed by atoms with van der Waals surface area (Å²) in [6, 6.07) is 4.47. The minimum atomic E-state index is -3.69. The third kappa shape index (κ3) is 2.10. The van der Waals surface area contributed by atoms with E-state index in [1.54, 1.807) is 12.1 Å². The molecule has 1 atom stereocenters. The third-order valence-electron chi connectivity index (χ3n) is 3.12. The number of halogens is 3. The number of ether oxygens (including phenoxy) is 2. The highest BCUT2D eigenvalue weighted by Crippen LogP contribution is 2.48. The number of hydrogen-bond acceptors (Lipinski definition) is 3. The van der Waals surface area contributed by atoms with E-state index in [0.29, 0.717) is 24.5 Å². The molecule has 3 rings (SSSR count). The largest absolute Gasteiger partial charge is 0.586 e. The molecule has 1 aromatic carbocycles. The quantitative estimate of drug-likeness (QED) is 0.786. The second-order valence-corrected chi connectivity index (χ2v) is 4.81. The summed E-state index contributed by atoms with van der Waals surface area (Å²) in [7, 11) is 0. The molecule has 102 valence electrons. The van der Waals surface area contributed by atoms with Gasteiger partial charge in [0.1, 0.15) is 0 Å². The van der Waals surface area contributed by atoms with Gasteiger partial charge in [-0.1, -0.05) is 6.07 Å². The zero-order chi connectivity index (χ0) is 13.6. The highest BCUT2D eigenvalue weighted by molar-refractivity contribution is 6.18. The zero-order valence-corrected chi connectivity index (χ0v) is 10.5. The van der Waals surface area contributed by atoms with Crippen LogP contribution in [0.2, 0.25) is 0 Å².